The van der Waals surface area contributed by atoms with Crippen LogP contribution in [0.25, 0.3) is 10.9 Å². The number of aryl methyl sites for hydroxylation is 1. The Kier molecular flexibility index (Phi) is 2.68. The summed E-state index contributed by atoms with van der Waals surface area (Å²) in [5.41, 5.74) is 6.87. The number of nitrogen functional groups attached to an aromatic ring is 1. The fraction of sp³-hybridized carbons (Fsp3) is 0.0833. The van der Waals surface area contributed by atoms with E-state index >= 15 is 0 Å². The number of hydrogen-bond donors (Lipinski definition) is 3. The molecule has 2 heterocycles. The van der Waals surface area contributed by atoms with E-state index in [9.17, 15) is 8.42 Å². The van der Waals surface area contributed by atoms with Crippen LogP contribution in [-0.4, -0.2) is 18.6 Å². The number of benzene rings is 1. The highest BCUT2D eigenvalue weighted by molar-refractivity contribution is 7.93. The van der Waals surface area contributed by atoms with Crippen molar-refractivity contribution in [2.75, 3.05) is 10.5 Å². The summed E-state index contributed by atoms with van der Waals surface area (Å²) < 4.78 is 31.8. The lowest BCUT2D eigenvalue weighted by Crippen LogP contribution is -2.12. The quantitative estimate of drug-likeness (QED) is 0.637. The van der Waals surface area contributed by atoms with Gasteiger partial charge in [0.15, 0.2) is 5.82 Å². The number of anilines is 2. The van der Waals surface area contributed by atoms with Crippen LogP contribution >= 0.6 is 0 Å². The fourth-order valence-electron chi connectivity index (χ4n) is 1.95. The Morgan fingerprint density at radius 3 is 2.85 bits per heavy atom. The Bertz CT molecular complexity index is 879. The van der Waals surface area contributed by atoms with Crippen LogP contribution in [0.3, 0.4) is 0 Å². The lowest BCUT2D eigenvalue weighted by molar-refractivity contribution is 0.400. The van der Waals surface area contributed by atoms with Crippen LogP contribution in [0.5, 0.6) is 0 Å². The summed E-state index contributed by atoms with van der Waals surface area (Å²) >= 11 is 0. The van der Waals surface area contributed by atoms with E-state index in [4.69, 9.17) is 10.3 Å². The largest absolute Gasteiger partial charge is 0.399 e. The Labute approximate surface area is 114 Å². The van der Waals surface area contributed by atoms with E-state index in [1.54, 1.807) is 25.1 Å². The van der Waals surface area contributed by atoms with Crippen molar-refractivity contribution in [3.8, 4) is 0 Å². The second kappa shape index (κ2) is 4.27. The molecule has 0 fully saturated rings. The minimum atomic E-state index is -3.74. The third-order valence-electron chi connectivity index (χ3n) is 2.82. The van der Waals surface area contributed by atoms with Crippen molar-refractivity contribution in [2.45, 2.75) is 11.8 Å². The molecule has 0 saturated heterocycles. The summed E-state index contributed by atoms with van der Waals surface area (Å²) in [4.78, 5) is 3.02. The Balaban J connectivity index is 2.05. The molecule has 0 aliphatic carbocycles. The van der Waals surface area contributed by atoms with Gasteiger partial charge in [-0.2, -0.15) is 0 Å². The molecule has 2 aromatic heterocycles. The highest BCUT2D eigenvalue weighted by Crippen LogP contribution is 2.26. The van der Waals surface area contributed by atoms with Gasteiger partial charge in [0, 0.05) is 28.9 Å². The maximum absolute atomic E-state index is 12.3. The first kappa shape index (κ1) is 12.5. The van der Waals surface area contributed by atoms with E-state index in [2.05, 4.69) is 14.9 Å². The smallest absolute Gasteiger partial charge is 0.265 e. The number of nitrogens with two attached hydrogens (primary N) is 1. The SMILES string of the molecule is Cc1cc(NS(=O)(=O)c2c[nH]c3cc(N)ccc23)no1. The lowest BCUT2D eigenvalue weighted by Gasteiger charge is -2.03. The van der Waals surface area contributed by atoms with Gasteiger partial charge in [0.2, 0.25) is 0 Å². The topological polar surface area (TPSA) is 114 Å². The molecule has 0 aliphatic heterocycles. The van der Waals surface area contributed by atoms with Crippen LogP contribution in [0, 0.1) is 6.92 Å². The standard InChI is InChI=1S/C12H12N4O3S/c1-7-4-12(15-19-7)16-20(17,18)11-6-14-10-5-8(13)2-3-9(10)11/h2-6,14H,13H2,1H3,(H,15,16). The number of sulfonamides is 1. The number of H-pyrrole nitrogens is 1. The Morgan fingerprint density at radius 1 is 1.35 bits per heavy atom. The van der Waals surface area contributed by atoms with Crippen molar-refractivity contribution in [1.29, 1.82) is 0 Å². The molecule has 7 nitrogen and oxygen atoms in total. The second-order valence-electron chi connectivity index (χ2n) is 4.39. The van der Waals surface area contributed by atoms with Crippen molar-refractivity contribution in [1.82, 2.24) is 10.1 Å². The summed E-state index contributed by atoms with van der Waals surface area (Å²) in [7, 11) is -3.74. The predicted molar refractivity (Wildman–Crippen MR) is 74.8 cm³/mol. The number of fused-ring (bicyclic) bond motifs is 1. The normalized spacial score (nSPS) is 11.8. The van der Waals surface area contributed by atoms with Gasteiger partial charge < -0.3 is 15.2 Å². The van der Waals surface area contributed by atoms with Gasteiger partial charge in [0.1, 0.15) is 10.7 Å². The number of aromatic nitrogens is 2. The molecule has 0 saturated carbocycles. The number of aromatic amines is 1. The van der Waals surface area contributed by atoms with E-state index in [0.717, 1.165) is 0 Å². The third kappa shape index (κ3) is 2.10. The van der Waals surface area contributed by atoms with Crippen molar-refractivity contribution < 1.29 is 12.9 Å². The minimum Gasteiger partial charge on any atom is -0.399 e. The van der Waals surface area contributed by atoms with E-state index < -0.39 is 10.0 Å². The van der Waals surface area contributed by atoms with Crippen LogP contribution in [0.4, 0.5) is 11.5 Å². The second-order valence-corrected chi connectivity index (χ2v) is 6.04. The molecule has 104 valence electrons. The summed E-state index contributed by atoms with van der Waals surface area (Å²) in [5, 5.41) is 4.17. The van der Waals surface area contributed by atoms with Gasteiger partial charge in [-0.05, 0) is 25.1 Å². The zero-order valence-electron chi connectivity index (χ0n) is 10.5. The van der Waals surface area contributed by atoms with Gasteiger partial charge in [-0.3, -0.25) is 4.72 Å². The molecule has 20 heavy (non-hydrogen) atoms. The Morgan fingerprint density at radius 2 is 2.15 bits per heavy atom. The van der Waals surface area contributed by atoms with E-state index in [1.807, 2.05) is 0 Å². The van der Waals surface area contributed by atoms with Crippen molar-refractivity contribution in [3.05, 3.63) is 36.2 Å². The summed E-state index contributed by atoms with van der Waals surface area (Å²) in [5.74, 6) is 0.668. The van der Waals surface area contributed by atoms with Crippen LogP contribution in [0.2, 0.25) is 0 Å². The molecule has 0 unspecified atom stereocenters. The zero-order valence-corrected chi connectivity index (χ0v) is 11.4. The van der Waals surface area contributed by atoms with Crippen LogP contribution in [0.1, 0.15) is 5.76 Å². The fourth-order valence-corrected chi connectivity index (χ4v) is 3.11. The molecular weight excluding hydrogens is 280 g/mol. The van der Waals surface area contributed by atoms with Gasteiger partial charge in [-0.1, -0.05) is 5.16 Å². The average Bonchev–Trinajstić information content (AvgIpc) is 2.94. The summed E-state index contributed by atoms with van der Waals surface area (Å²) in [6, 6.07) is 6.48. The zero-order chi connectivity index (χ0) is 14.3. The first-order valence-corrected chi connectivity index (χ1v) is 7.27. The van der Waals surface area contributed by atoms with E-state index in [-0.39, 0.29) is 10.7 Å². The minimum absolute atomic E-state index is 0.133. The molecule has 0 amide bonds. The van der Waals surface area contributed by atoms with Crippen molar-refractivity contribution >= 4 is 32.4 Å². The third-order valence-corrected chi connectivity index (χ3v) is 4.22. The molecule has 0 aliphatic rings. The first-order valence-electron chi connectivity index (χ1n) is 5.78. The molecule has 8 heteroatoms. The molecule has 4 N–H and O–H groups in total. The highest BCUT2D eigenvalue weighted by atomic mass is 32.2. The first-order chi connectivity index (χ1) is 9.45. The van der Waals surface area contributed by atoms with Crippen LogP contribution < -0.4 is 10.5 Å². The molecule has 0 spiro atoms. The van der Waals surface area contributed by atoms with Gasteiger partial charge in [0.05, 0.1) is 0 Å². The molecular formula is C12H12N4O3S. The number of nitrogens with one attached hydrogen (secondary N) is 2. The molecule has 0 radical (unpaired) electrons. The number of rotatable bonds is 3. The van der Waals surface area contributed by atoms with Crippen LogP contribution in [-0.2, 0) is 10.0 Å². The van der Waals surface area contributed by atoms with Gasteiger partial charge in [0.25, 0.3) is 10.0 Å². The summed E-state index contributed by atoms with van der Waals surface area (Å²) in [6.07, 6.45) is 1.42. The van der Waals surface area contributed by atoms with E-state index in [0.29, 0.717) is 22.4 Å². The van der Waals surface area contributed by atoms with Crippen molar-refractivity contribution in [2.24, 2.45) is 0 Å². The van der Waals surface area contributed by atoms with Crippen molar-refractivity contribution in [3.63, 3.8) is 0 Å². The summed E-state index contributed by atoms with van der Waals surface area (Å²) in [6.45, 7) is 1.68. The molecule has 0 atom stereocenters. The van der Waals surface area contributed by atoms with Gasteiger partial charge >= 0.3 is 0 Å². The number of hydrogen-bond acceptors (Lipinski definition) is 5. The molecule has 3 rings (SSSR count). The maximum atomic E-state index is 12.3. The molecule has 3 aromatic rings. The monoisotopic (exact) mass is 292 g/mol. The maximum Gasteiger partial charge on any atom is 0.265 e. The average molecular weight is 292 g/mol. The van der Waals surface area contributed by atoms with Gasteiger partial charge in [-0.25, -0.2) is 8.42 Å². The highest BCUT2D eigenvalue weighted by Gasteiger charge is 2.20. The predicted octanol–water partition coefficient (Wildman–Crippen LogP) is 1.85. The molecule has 0 bridgehead atoms. The lowest BCUT2D eigenvalue weighted by atomic mass is 10.2. The Hall–Kier alpha value is -2.48. The molecule has 1 aromatic carbocycles. The van der Waals surface area contributed by atoms with E-state index in [1.165, 1.54) is 12.3 Å². The van der Waals surface area contributed by atoms with Gasteiger partial charge in [-0.15, -0.1) is 0 Å². The van der Waals surface area contributed by atoms with Crippen LogP contribution in [0.15, 0.2) is 39.9 Å². The number of nitrogens with zero attached hydrogens (tertiary/aromatic N) is 1.